The van der Waals surface area contributed by atoms with Gasteiger partial charge in [0.05, 0.1) is 5.02 Å². The highest BCUT2D eigenvalue weighted by atomic mass is 35.5. The second-order valence-electron chi connectivity index (χ2n) is 5.50. The first-order chi connectivity index (χ1) is 10.6. The number of nitrogens with one attached hydrogen (secondary N) is 1. The van der Waals surface area contributed by atoms with Crippen molar-refractivity contribution < 1.29 is 9.32 Å². The van der Waals surface area contributed by atoms with E-state index >= 15 is 0 Å². The van der Waals surface area contributed by atoms with Gasteiger partial charge in [0.2, 0.25) is 0 Å². The Bertz CT molecular complexity index is 692. The molecule has 0 bridgehead atoms. The molecule has 1 unspecified atom stereocenters. The molecule has 2 heterocycles. The van der Waals surface area contributed by atoms with E-state index in [-0.39, 0.29) is 11.9 Å². The van der Waals surface area contributed by atoms with Crippen LogP contribution in [0.1, 0.15) is 22.5 Å². The number of likely N-dealkylation sites (N-methyl/N-ethyl adjacent to an activating group) is 1. The Kier molecular flexibility index (Phi) is 4.18. The smallest absolute Gasteiger partial charge is 0.259 e. The van der Waals surface area contributed by atoms with Crippen molar-refractivity contribution in [2.45, 2.75) is 19.4 Å². The van der Waals surface area contributed by atoms with Gasteiger partial charge in [0, 0.05) is 25.2 Å². The fourth-order valence-corrected chi connectivity index (χ4v) is 3.00. The van der Waals surface area contributed by atoms with Gasteiger partial charge >= 0.3 is 0 Å². The van der Waals surface area contributed by atoms with Crippen LogP contribution in [0.3, 0.4) is 0 Å². The predicted molar refractivity (Wildman–Crippen MR) is 85.1 cm³/mol. The average Bonchev–Trinajstić information content (AvgIpc) is 3.16. The molecule has 1 fully saturated rings. The van der Waals surface area contributed by atoms with Crippen molar-refractivity contribution in [2.75, 3.05) is 20.1 Å². The zero-order valence-electron chi connectivity index (χ0n) is 12.6. The summed E-state index contributed by atoms with van der Waals surface area (Å²) in [6, 6.07) is 7.52. The Morgan fingerprint density at radius 1 is 1.45 bits per heavy atom. The van der Waals surface area contributed by atoms with Crippen molar-refractivity contribution in [3.63, 3.8) is 0 Å². The van der Waals surface area contributed by atoms with Crippen molar-refractivity contribution in [3.05, 3.63) is 40.6 Å². The molecule has 3 rings (SSSR count). The lowest BCUT2D eigenvalue weighted by Gasteiger charge is -2.23. The molecule has 2 aromatic rings. The van der Waals surface area contributed by atoms with Crippen molar-refractivity contribution in [1.29, 1.82) is 0 Å². The first-order valence-electron chi connectivity index (χ1n) is 7.28. The minimum atomic E-state index is -0.0811. The Labute approximate surface area is 134 Å². The first-order valence-corrected chi connectivity index (χ1v) is 7.66. The van der Waals surface area contributed by atoms with Gasteiger partial charge in [-0.15, -0.1) is 0 Å². The Morgan fingerprint density at radius 3 is 2.91 bits per heavy atom. The average molecular weight is 320 g/mol. The van der Waals surface area contributed by atoms with Crippen LogP contribution in [-0.2, 0) is 0 Å². The number of rotatable bonds is 3. The summed E-state index contributed by atoms with van der Waals surface area (Å²) < 4.78 is 5.27. The van der Waals surface area contributed by atoms with Crippen molar-refractivity contribution in [3.8, 4) is 11.3 Å². The van der Waals surface area contributed by atoms with Crippen LogP contribution < -0.4 is 5.32 Å². The third-order valence-electron chi connectivity index (χ3n) is 4.11. The molecule has 1 aromatic heterocycles. The van der Waals surface area contributed by atoms with E-state index in [2.05, 4.69) is 10.5 Å². The molecule has 0 saturated carbocycles. The second kappa shape index (κ2) is 6.10. The number of benzene rings is 1. The summed E-state index contributed by atoms with van der Waals surface area (Å²) in [5.74, 6) is 0.431. The largest absolute Gasteiger partial charge is 0.360 e. The van der Waals surface area contributed by atoms with Gasteiger partial charge < -0.3 is 14.7 Å². The summed E-state index contributed by atoms with van der Waals surface area (Å²) in [6.07, 6.45) is 0.952. The number of nitrogens with zero attached hydrogens (tertiary/aromatic N) is 2. The van der Waals surface area contributed by atoms with Gasteiger partial charge in [-0.2, -0.15) is 0 Å². The zero-order valence-corrected chi connectivity index (χ0v) is 13.4. The van der Waals surface area contributed by atoms with E-state index in [1.54, 1.807) is 17.9 Å². The molecule has 22 heavy (non-hydrogen) atoms. The van der Waals surface area contributed by atoms with Crippen LogP contribution in [-0.4, -0.2) is 42.1 Å². The molecule has 5 nitrogen and oxygen atoms in total. The van der Waals surface area contributed by atoms with E-state index in [9.17, 15) is 4.79 Å². The van der Waals surface area contributed by atoms with Gasteiger partial charge in [0.15, 0.2) is 0 Å². The quantitative estimate of drug-likeness (QED) is 0.945. The highest BCUT2D eigenvalue weighted by Crippen LogP contribution is 2.32. The van der Waals surface area contributed by atoms with Crippen LogP contribution in [0.5, 0.6) is 0 Å². The Balaban J connectivity index is 1.99. The Morgan fingerprint density at radius 2 is 2.23 bits per heavy atom. The summed E-state index contributed by atoms with van der Waals surface area (Å²) in [6.45, 7) is 3.50. The summed E-state index contributed by atoms with van der Waals surface area (Å²) in [5.41, 5.74) is 1.70. The summed E-state index contributed by atoms with van der Waals surface area (Å²) >= 11 is 6.23. The molecule has 116 valence electrons. The highest BCUT2D eigenvalue weighted by Gasteiger charge is 2.30. The molecule has 0 aliphatic carbocycles. The standard InChI is InChI=1S/C16H18ClN3O2/c1-10-14(16(21)20(2)11-7-8-18-9-11)15(19-22-10)12-5-3-4-6-13(12)17/h3-6,11,18H,7-9H2,1-2H3. The minimum Gasteiger partial charge on any atom is -0.360 e. The second-order valence-corrected chi connectivity index (χ2v) is 5.91. The van der Waals surface area contributed by atoms with Crippen LogP contribution in [0.2, 0.25) is 5.02 Å². The fraction of sp³-hybridized carbons (Fsp3) is 0.375. The van der Waals surface area contributed by atoms with Gasteiger partial charge in [0.25, 0.3) is 5.91 Å². The number of carbonyl (C=O) groups excluding carboxylic acids is 1. The Hall–Kier alpha value is -1.85. The van der Waals surface area contributed by atoms with Crippen molar-refractivity contribution in [2.24, 2.45) is 0 Å². The van der Waals surface area contributed by atoms with Crippen LogP contribution in [0.25, 0.3) is 11.3 Å². The lowest BCUT2D eigenvalue weighted by Crippen LogP contribution is -2.38. The molecule has 0 spiro atoms. The van der Waals surface area contributed by atoms with Crippen LogP contribution in [0.15, 0.2) is 28.8 Å². The number of aryl methyl sites for hydroxylation is 1. The van der Waals surface area contributed by atoms with Gasteiger partial charge in [0.1, 0.15) is 17.0 Å². The maximum Gasteiger partial charge on any atom is 0.259 e. The van der Waals surface area contributed by atoms with Crippen LogP contribution in [0, 0.1) is 6.92 Å². The molecule has 1 aliphatic rings. The molecular weight excluding hydrogens is 302 g/mol. The zero-order chi connectivity index (χ0) is 15.7. The maximum absolute atomic E-state index is 12.9. The van der Waals surface area contributed by atoms with Crippen molar-refractivity contribution in [1.82, 2.24) is 15.4 Å². The van der Waals surface area contributed by atoms with E-state index < -0.39 is 0 Å². The summed E-state index contributed by atoms with van der Waals surface area (Å²) in [4.78, 5) is 14.6. The van der Waals surface area contributed by atoms with Gasteiger partial charge in [-0.25, -0.2) is 0 Å². The highest BCUT2D eigenvalue weighted by molar-refractivity contribution is 6.33. The van der Waals surface area contributed by atoms with E-state index in [0.717, 1.165) is 19.5 Å². The summed E-state index contributed by atoms with van der Waals surface area (Å²) in [5, 5.41) is 7.87. The van der Waals surface area contributed by atoms with E-state index in [1.807, 2.05) is 25.2 Å². The predicted octanol–water partition coefficient (Wildman–Crippen LogP) is 2.74. The van der Waals surface area contributed by atoms with E-state index in [4.69, 9.17) is 16.1 Å². The molecule has 6 heteroatoms. The SMILES string of the molecule is Cc1onc(-c2ccccc2Cl)c1C(=O)N(C)C1CCNC1. The van der Waals surface area contributed by atoms with Gasteiger partial charge in [-0.05, 0) is 26.0 Å². The maximum atomic E-state index is 12.9. The topological polar surface area (TPSA) is 58.4 Å². The molecule has 1 N–H and O–H groups in total. The van der Waals surface area contributed by atoms with Gasteiger partial charge in [-0.3, -0.25) is 4.79 Å². The molecule has 1 atom stereocenters. The number of aromatic nitrogens is 1. The number of hydrogen-bond acceptors (Lipinski definition) is 4. The first kappa shape index (κ1) is 15.1. The monoisotopic (exact) mass is 319 g/mol. The van der Waals surface area contributed by atoms with E-state index in [1.165, 1.54) is 0 Å². The number of carbonyl (C=O) groups is 1. The molecule has 1 amide bonds. The van der Waals surface area contributed by atoms with E-state index in [0.29, 0.717) is 27.6 Å². The molecular formula is C16H18ClN3O2. The van der Waals surface area contributed by atoms with Crippen LogP contribution >= 0.6 is 11.6 Å². The lowest BCUT2D eigenvalue weighted by molar-refractivity contribution is 0.0742. The van der Waals surface area contributed by atoms with Crippen molar-refractivity contribution >= 4 is 17.5 Å². The normalized spacial score (nSPS) is 17.7. The third kappa shape index (κ3) is 2.62. The fourth-order valence-electron chi connectivity index (χ4n) is 2.77. The summed E-state index contributed by atoms with van der Waals surface area (Å²) in [7, 11) is 1.82. The molecule has 0 radical (unpaired) electrons. The molecule has 1 aliphatic heterocycles. The number of halogens is 1. The van der Waals surface area contributed by atoms with Crippen LogP contribution in [0.4, 0.5) is 0 Å². The lowest BCUT2D eigenvalue weighted by atomic mass is 10.0. The van der Waals surface area contributed by atoms with Gasteiger partial charge in [-0.1, -0.05) is 35.0 Å². The number of hydrogen-bond donors (Lipinski definition) is 1. The number of amides is 1. The third-order valence-corrected chi connectivity index (χ3v) is 4.44. The molecule has 1 aromatic carbocycles. The molecule has 1 saturated heterocycles. The minimum absolute atomic E-state index is 0.0811.